The molecule has 148 valence electrons. The van der Waals surface area contributed by atoms with E-state index in [0.717, 1.165) is 58.8 Å². The highest BCUT2D eigenvalue weighted by Gasteiger charge is 2.51. The SMILES string of the molecule is Cn1cc(Cl)cc1C(=O)N1CCC2(CCN(CCN3CCOCC3)C2=O)C1. The Kier molecular flexibility index (Phi) is 5.18. The van der Waals surface area contributed by atoms with E-state index in [9.17, 15) is 9.59 Å². The summed E-state index contributed by atoms with van der Waals surface area (Å²) in [7, 11) is 1.82. The summed E-state index contributed by atoms with van der Waals surface area (Å²) in [4.78, 5) is 32.1. The maximum atomic E-state index is 13.1. The van der Waals surface area contributed by atoms with Gasteiger partial charge in [0.25, 0.3) is 5.91 Å². The van der Waals surface area contributed by atoms with Gasteiger partial charge in [0.1, 0.15) is 5.69 Å². The predicted octanol–water partition coefficient (Wildman–Crippen LogP) is 1.08. The number of aromatic nitrogens is 1. The number of amides is 2. The number of carbonyl (C=O) groups is 2. The molecule has 3 aliphatic rings. The molecule has 1 unspecified atom stereocenters. The van der Waals surface area contributed by atoms with Crippen molar-refractivity contribution in [2.45, 2.75) is 12.8 Å². The van der Waals surface area contributed by atoms with Gasteiger partial charge >= 0.3 is 0 Å². The molecule has 0 aromatic carbocycles. The first-order valence-corrected chi connectivity index (χ1v) is 10.1. The topological polar surface area (TPSA) is 58.0 Å². The third-order valence-electron chi connectivity index (χ3n) is 6.22. The van der Waals surface area contributed by atoms with Gasteiger partial charge in [-0.2, -0.15) is 0 Å². The number of nitrogens with zero attached hydrogens (tertiary/aromatic N) is 4. The monoisotopic (exact) mass is 394 g/mol. The lowest BCUT2D eigenvalue weighted by atomic mass is 9.85. The second-order valence-corrected chi connectivity index (χ2v) is 8.34. The second-order valence-electron chi connectivity index (χ2n) is 7.91. The highest BCUT2D eigenvalue weighted by molar-refractivity contribution is 6.31. The van der Waals surface area contributed by atoms with Gasteiger partial charge in [0.05, 0.1) is 23.7 Å². The van der Waals surface area contributed by atoms with E-state index in [1.54, 1.807) is 16.8 Å². The molecule has 8 heteroatoms. The fourth-order valence-electron chi connectivity index (χ4n) is 4.52. The minimum absolute atomic E-state index is 0.0409. The molecular weight excluding hydrogens is 368 g/mol. The third-order valence-corrected chi connectivity index (χ3v) is 6.43. The molecule has 4 rings (SSSR count). The van der Waals surface area contributed by atoms with Crippen LogP contribution in [0.3, 0.4) is 0 Å². The molecule has 1 aromatic rings. The van der Waals surface area contributed by atoms with Crippen LogP contribution in [0.1, 0.15) is 23.3 Å². The molecule has 0 bridgehead atoms. The Hall–Kier alpha value is -1.57. The van der Waals surface area contributed by atoms with Crippen LogP contribution in [0.4, 0.5) is 0 Å². The normalized spacial score (nSPS) is 26.5. The van der Waals surface area contributed by atoms with Crippen LogP contribution in [-0.2, 0) is 16.6 Å². The Morgan fingerprint density at radius 3 is 2.63 bits per heavy atom. The number of ether oxygens (including phenoxy) is 1. The zero-order valence-electron chi connectivity index (χ0n) is 15.8. The van der Waals surface area contributed by atoms with Crippen LogP contribution in [0, 0.1) is 5.41 Å². The zero-order chi connectivity index (χ0) is 19.0. The average molecular weight is 395 g/mol. The minimum atomic E-state index is -0.393. The van der Waals surface area contributed by atoms with Gasteiger partial charge in [0, 0.05) is 59.1 Å². The van der Waals surface area contributed by atoms with E-state index >= 15 is 0 Å². The molecular formula is C19H27ClN4O3. The molecule has 2 amide bonds. The zero-order valence-corrected chi connectivity index (χ0v) is 16.6. The maximum absolute atomic E-state index is 13.1. The van der Waals surface area contributed by atoms with Crippen molar-refractivity contribution in [3.63, 3.8) is 0 Å². The molecule has 0 aliphatic carbocycles. The molecule has 1 aromatic heterocycles. The summed E-state index contributed by atoms with van der Waals surface area (Å²) in [6.07, 6.45) is 3.32. The van der Waals surface area contributed by atoms with E-state index in [2.05, 4.69) is 4.90 Å². The molecule has 4 heterocycles. The van der Waals surface area contributed by atoms with E-state index in [0.29, 0.717) is 23.8 Å². The van der Waals surface area contributed by atoms with Crippen molar-refractivity contribution in [2.75, 3.05) is 59.0 Å². The fourth-order valence-corrected chi connectivity index (χ4v) is 4.77. The second kappa shape index (κ2) is 7.45. The van der Waals surface area contributed by atoms with E-state index < -0.39 is 5.41 Å². The summed E-state index contributed by atoms with van der Waals surface area (Å²) in [5.41, 5.74) is 0.182. The molecule has 7 nitrogen and oxygen atoms in total. The molecule has 3 fully saturated rings. The van der Waals surface area contributed by atoms with Crippen LogP contribution in [0.2, 0.25) is 5.02 Å². The first kappa shape index (κ1) is 18.8. The number of carbonyl (C=O) groups excluding carboxylic acids is 2. The number of halogens is 1. The highest BCUT2D eigenvalue weighted by Crippen LogP contribution is 2.41. The quantitative estimate of drug-likeness (QED) is 0.766. The average Bonchev–Trinajstić information content (AvgIpc) is 3.34. The van der Waals surface area contributed by atoms with Crippen molar-refractivity contribution >= 4 is 23.4 Å². The van der Waals surface area contributed by atoms with Crippen molar-refractivity contribution in [1.82, 2.24) is 19.3 Å². The van der Waals surface area contributed by atoms with Crippen LogP contribution in [0.15, 0.2) is 12.3 Å². The van der Waals surface area contributed by atoms with Crippen LogP contribution in [-0.4, -0.2) is 90.1 Å². The summed E-state index contributed by atoms with van der Waals surface area (Å²) in [5.74, 6) is 0.178. The van der Waals surface area contributed by atoms with Gasteiger partial charge in [-0.05, 0) is 18.9 Å². The Labute approximate surface area is 164 Å². The van der Waals surface area contributed by atoms with Crippen molar-refractivity contribution in [3.05, 3.63) is 23.0 Å². The summed E-state index contributed by atoms with van der Waals surface area (Å²) in [6.45, 7) is 7.03. The Morgan fingerprint density at radius 1 is 1.19 bits per heavy atom. The standard InChI is InChI=1S/C19H27ClN4O3/c1-21-13-15(20)12-16(21)17(25)24-5-3-19(14-24)2-4-23(18(19)26)7-6-22-8-10-27-11-9-22/h12-13H,2-11,14H2,1H3. The van der Waals surface area contributed by atoms with Gasteiger partial charge in [0.15, 0.2) is 0 Å². The largest absolute Gasteiger partial charge is 0.379 e. The first-order valence-electron chi connectivity index (χ1n) is 9.69. The van der Waals surface area contributed by atoms with E-state index in [4.69, 9.17) is 16.3 Å². The maximum Gasteiger partial charge on any atom is 0.270 e. The van der Waals surface area contributed by atoms with Crippen molar-refractivity contribution in [1.29, 1.82) is 0 Å². The molecule has 3 aliphatic heterocycles. The summed E-state index contributed by atoms with van der Waals surface area (Å²) in [5, 5.41) is 0.556. The lowest BCUT2D eigenvalue weighted by Gasteiger charge is -2.29. The van der Waals surface area contributed by atoms with Crippen LogP contribution in [0.5, 0.6) is 0 Å². The molecule has 0 radical (unpaired) electrons. The van der Waals surface area contributed by atoms with Gasteiger partial charge in [-0.1, -0.05) is 11.6 Å². The summed E-state index contributed by atoms with van der Waals surface area (Å²) >= 11 is 6.01. The predicted molar refractivity (Wildman–Crippen MR) is 102 cm³/mol. The van der Waals surface area contributed by atoms with Gasteiger partial charge in [-0.25, -0.2) is 0 Å². The number of morpholine rings is 1. The van der Waals surface area contributed by atoms with Crippen molar-refractivity contribution in [3.8, 4) is 0 Å². The molecule has 27 heavy (non-hydrogen) atoms. The van der Waals surface area contributed by atoms with Gasteiger partial charge in [-0.15, -0.1) is 0 Å². The lowest BCUT2D eigenvalue weighted by Crippen LogP contribution is -2.44. The molecule has 1 spiro atoms. The smallest absolute Gasteiger partial charge is 0.270 e. The van der Waals surface area contributed by atoms with Gasteiger partial charge in [0.2, 0.25) is 5.91 Å². The number of rotatable bonds is 4. The van der Waals surface area contributed by atoms with Crippen molar-refractivity contribution in [2.24, 2.45) is 12.5 Å². The summed E-state index contributed by atoms with van der Waals surface area (Å²) in [6, 6.07) is 1.69. The van der Waals surface area contributed by atoms with Crippen LogP contribution in [0.25, 0.3) is 0 Å². The third kappa shape index (κ3) is 3.60. The minimum Gasteiger partial charge on any atom is -0.379 e. The van der Waals surface area contributed by atoms with E-state index in [-0.39, 0.29) is 11.8 Å². The van der Waals surface area contributed by atoms with E-state index in [1.165, 1.54) is 0 Å². The number of hydrogen-bond donors (Lipinski definition) is 0. The fraction of sp³-hybridized carbons (Fsp3) is 0.684. The van der Waals surface area contributed by atoms with Gasteiger partial charge in [-0.3, -0.25) is 14.5 Å². The highest BCUT2D eigenvalue weighted by atomic mass is 35.5. The summed E-state index contributed by atoms with van der Waals surface area (Å²) < 4.78 is 7.13. The molecule has 3 saturated heterocycles. The molecule has 0 N–H and O–H groups in total. The number of likely N-dealkylation sites (tertiary alicyclic amines) is 2. The molecule has 0 saturated carbocycles. The van der Waals surface area contributed by atoms with Gasteiger partial charge < -0.3 is 19.1 Å². The lowest BCUT2D eigenvalue weighted by molar-refractivity contribution is -0.135. The Balaban J connectivity index is 1.36. The van der Waals surface area contributed by atoms with E-state index in [1.807, 2.05) is 16.8 Å². The van der Waals surface area contributed by atoms with Crippen LogP contribution >= 0.6 is 11.6 Å². The van der Waals surface area contributed by atoms with Crippen molar-refractivity contribution < 1.29 is 14.3 Å². The Morgan fingerprint density at radius 2 is 1.93 bits per heavy atom. The number of hydrogen-bond acceptors (Lipinski definition) is 4. The Bertz CT molecular complexity index is 731. The first-order chi connectivity index (χ1) is 13.0. The number of aryl methyl sites for hydroxylation is 1. The molecule has 1 atom stereocenters. The van der Waals surface area contributed by atoms with Crippen LogP contribution < -0.4 is 0 Å².